The molecule has 19 heavy (non-hydrogen) atoms. The third-order valence-electron chi connectivity index (χ3n) is 3.97. The van der Waals surface area contributed by atoms with E-state index < -0.39 is 5.60 Å². The van der Waals surface area contributed by atoms with Crippen LogP contribution >= 0.6 is 0 Å². The Hall–Kier alpha value is -2.08. The van der Waals surface area contributed by atoms with E-state index in [0.29, 0.717) is 5.76 Å². The van der Waals surface area contributed by atoms with Gasteiger partial charge in [-0.15, -0.1) is 0 Å². The summed E-state index contributed by atoms with van der Waals surface area (Å²) in [5.41, 5.74) is 0.247. The van der Waals surface area contributed by atoms with Gasteiger partial charge in [-0.3, -0.25) is 4.79 Å². The molecule has 0 atom stereocenters. The minimum absolute atomic E-state index is 0.117. The minimum atomic E-state index is -0.755. The van der Waals surface area contributed by atoms with E-state index >= 15 is 0 Å². The van der Waals surface area contributed by atoms with E-state index in [0.717, 1.165) is 37.7 Å². The molecule has 1 aromatic rings. The molecule has 1 heterocycles. The second-order valence-electron chi connectivity index (χ2n) is 5.17. The van der Waals surface area contributed by atoms with Crippen LogP contribution in [0.5, 0.6) is 0 Å². The second kappa shape index (κ2) is 4.55. The molecule has 0 amide bonds. The summed E-state index contributed by atoms with van der Waals surface area (Å²) in [5, 5.41) is 9.27. The van der Waals surface area contributed by atoms with Crippen molar-refractivity contribution in [1.29, 1.82) is 5.26 Å². The van der Waals surface area contributed by atoms with Crippen LogP contribution < -0.4 is 0 Å². The largest absolute Gasteiger partial charge is 0.477 e. The average Bonchev–Trinajstić information content (AvgIpc) is 2.74. The first kappa shape index (κ1) is 12.0. The van der Waals surface area contributed by atoms with E-state index in [-0.39, 0.29) is 11.4 Å². The predicted octanol–water partition coefficient (Wildman–Crippen LogP) is 3.22. The van der Waals surface area contributed by atoms with Gasteiger partial charge < -0.3 is 4.74 Å². The first-order valence-electron chi connectivity index (χ1n) is 6.70. The second-order valence-corrected chi connectivity index (χ2v) is 5.17. The van der Waals surface area contributed by atoms with Gasteiger partial charge in [0.1, 0.15) is 17.4 Å². The summed E-state index contributed by atoms with van der Waals surface area (Å²) >= 11 is 0. The number of ketones is 1. The highest BCUT2D eigenvalue weighted by Crippen LogP contribution is 2.44. The Kier molecular flexibility index (Phi) is 2.87. The molecule has 0 bridgehead atoms. The normalized spacial score (nSPS) is 21.3. The molecule has 1 fully saturated rings. The molecule has 0 unspecified atom stereocenters. The molecule has 2 aliphatic rings. The van der Waals surface area contributed by atoms with Gasteiger partial charge >= 0.3 is 0 Å². The van der Waals surface area contributed by atoms with Crippen molar-refractivity contribution in [3.8, 4) is 6.07 Å². The third kappa shape index (κ3) is 1.84. The Labute approximate surface area is 112 Å². The maximum absolute atomic E-state index is 12.5. The van der Waals surface area contributed by atoms with Crippen LogP contribution in [0.2, 0.25) is 0 Å². The van der Waals surface area contributed by atoms with Crippen LogP contribution in [0.1, 0.15) is 37.7 Å². The fourth-order valence-corrected chi connectivity index (χ4v) is 2.97. The standard InChI is InChI=1S/C16H15NO2/c17-11-13-14(12-7-3-1-4-8-12)19-16(15(13)18)9-5-2-6-10-16/h1,3-4,7-8H,2,5-6,9-10H2. The SMILES string of the molecule is N#CC1=C(c2ccccc2)OC2(CCCCC2)C1=O. The van der Waals surface area contributed by atoms with Gasteiger partial charge in [0, 0.05) is 5.56 Å². The van der Waals surface area contributed by atoms with E-state index in [4.69, 9.17) is 4.74 Å². The van der Waals surface area contributed by atoms with Gasteiger partial charge in [-0.05, 0) is 25.7 Å². The van der Waals surface area contributed by atoms with Gasteiger partial charge in [0.2, 0.25) is 5.78 Å². The Balaban J connectivity index is 2.02. The van der Waals surface area contributed by atoms with Crippen molar-refractivity contribution in [2.75, 3.05) is 0 Å². The number of nitrogens with zero attached hydrogens (tertiary/aromatic N) is 1. The summed E-state index contributed by atoms with van der Waals surface area (Å²) in [4.78, 5) is 12.5. The van der Waals surface area contributed by atoms with Crippen molar-refractivity contribution in [3.63, 3.8) is 0 Å². The molecule has 1 aliphatic heterocycles. The number of Topliss-reactive ketones (excluding diaryl/α,β-unsaturated/α-hetero) is 1. The van der Waals surface area contributed by atoms with Gasteiger partial charge in [0.25, 0.3) is 0 Å². The first-order valence-corrected chi connectivity index (χ1v) is 6.70. The third-order valence-corrected chi connectivity index (χ3v) is 3.97. The Bertz CT molecular complexity index is 575. The summed E-state index contributed by atoms with van der Waals surface area (Å²) in [7, 11) is 0. The number of carbonyl (C=O) groups excluding carboxylic acids is 1. The lowest BCUT2D eigenvalue weighted by atomic mass is 9.81. The first-order chi connectivity index (χ1) is 9.27. The smallest absolute Gasteiger partial charge is 0.220 e. The zero-order valence-corrected chi connectivity index (χ0v) is 10.7. The summed E-state index contributed by atoms with van der Waals surface area (Å²) in [6, 6.07) is 11.5. The van der Waals surface area contributed by atoms with Crippen molar-refractivity contribution in [3.05, 3.63) is 41.5 Å². The van der Waals surface area contributed by atoms with Crippen LogP contribution in [-0.2, 0) is 9.53 Å². The lowest BCUT2D eigenvalue weighted by Gasteiger charge is -2.31. The number of rotatable bonds is 1. The van der Waals surface area contributed by atoms with Crippen molar-refractivity contribution in [2.24, 2.45) is 0 Å². The van der Waals surface area contributed by atoms with Crippen LogP contribution in [0.3, 0.4) is 0 Å². The molecule has 0 saturated heterocycles. The van der Waals surface area contributed by atoms with Gasteiger partial charge in [-0.1, -0.05) is 36.8 Å². The average molecular weight is 253 g/mol. The number of hydrogen-bond donors (Lipinski definition) is 0. The topological polar surface area (TPSA) is 50.1 Å². The van der Waals surface area contributed by atoms with Crippen LogP contribution in [0, 0.1) is 11.3 Å². The quantitative estimate of drug-likeness (QED) is 0.772. The fourth-order valence-electron chi connectivity index (χ4n) is 2.97. The Morgan fingerprint density at radius 3 is 2.42 bits per heavy atom. The van der Waals surface area contributed by atoms with Crippen molar-refractivity contribution >= 4 is 11.5 Å². The molecule has 1 spiro atoms. The number of carbonyl (C=O) groups is 1. The molecular weight excluding hydrogens is 238 g/mol. The summed E-state index contributed by atoms with van der Waals surface area (Å²) in [6.07, 6.45) is 4.58. The summed E-state index contributed by atoms with van der Waals surface area (Å²) in [6.45, 7) is 0. The van der Waals surface area contributed by atoms with Gasteiger partial charge in [-0.2, -0.15) is 5.26 Å². The molecule has 96 valence electrons. The highest BCUT2D eigenvalue weighted by atomic mass is 16.5. The molecule has 1 aliphatic carbocycles. The Morgan fingerprint density at radius 1 is 1.11 bits per heavy atom. The number of nitriles is 1. The van der Waals surface area contributed by atoms with E-state index in [2.05, 4.69) is 0 Å². The van der Waals surface area contributed by atoms with Crippen LogP contribution in [-0.4, -0.2) is 11.4 Å². The monoisotopic (exact) mass is 253 g/mol. The maximum atomic E-state index is 12.5. The van der Waals surface area contributed by atoms with E-state index in [1.54, 1.807) is 0 Å². The molecule has 0 radical (unpaired) electrons. The molecular formula is C16H15NO2. The van der Waals surface area contributed by atoms with Gasteiger partial charge in [-0.25, -0.2) is 0 Å². The van der Waals surface area contributed by atoms with Crippen molar-refractivity contribution in [1.82, 2.24) is 0 Å². The number of benzene rings is 1. The number of hydrogen-bond acceptors (Lipinski definition) is 3. The van der Waals surface area contributed by atoms with E-state index in [9.17, 15) is 10.1 Å². The predicted molar refractivity (Wildman–Crippen MR) is 70.9 cm³/mol. The highest BCUT2D eigenvalue weighted by Gasteiger charge is 2.50. The zero-order chi connectivity index (χ0) is 13.3. The lowest BCUT2D eigenvalue weighted by Crippen LogP contribution is -2.39. The molecule has 3 heteroatoms. The molecule has 3 rings (SSSR count). The summed E-state index contributed by atoms with van der Waals surface area (Å²) < 4.78 is 6.00. The van der Waals surface area contributed by atoms with Crippen molar-refractivity contribution < 1.29 is 9.53 Å². The Morgan fingerprint density at radius 2 is 1.79 bits per heavy atom. The van der Waals surface area contributed by atoms with Gasteiger partial charge in [0.05, 0.1) is 0 Å². The highest BCUT2D eigenvalue weighted by molar-refractivity contribution is 6.13. The summed E-state index contributed by atoms with van der Waals surface area (Å²) in [5.74, 6) is 0.351. The van der Waals surface area contributed by atoms with Crippen molar-refractivity contribution in [2.45, 2.75) is 37.7 Å². The van der Waals surface area contributed by atoms with E-state index in [1.807, 2.05) is 36.4 Å². The molecule has 0 N–H and O–H groups in total. The zero-order valence-electron chi connectivity index (χ0n) is 10.7. The fraction of sp³-hybridized carbons (Fsp3) is 0.375. The van der Waals surface area contributed by atoms with Crippen LogP contribution in [0.15, 0.2) is 35.9 Å². The molecule has 1 aromatic carbocycles. The number of ether oxygens (including phenoxy) is 1. The lowest BCUT2D eigenvalue weighted by molar-refractivity contribution is -0.131. The molecule has 0 aromatic heterocycles. The van der Waals surface area contributed by atoms with Crippen LogP contribution in [0.25, 0.3) is 5.76 Å². The molecule has 1 saturated carbocycles. The van der Waals surface area contributed by atoms with Gasteiger partial charge in [0.15, 0.2) is 5.60 Å². The van der Waals surface area contributed by atoms with E-state index in [1.165, 1.54) is 0 Å². The van der Waals surface area contributed by atoms with Crippen LogP contribution in [0.4, 0.5) is 0 Å². The molecule has 3 nitrogen and oxygen atoms in total. The minimum Gasteiger partial charge on any atom is -0.477 e. The maximum Gasteiger partial charge on any atom is 0.220 e.